The number of benzene rings is 1. The maximum atomic E-state index is 12.2. The largest absolute Gasteiger partial charge is 0.496 e. The van der Waals surface area contributed by atoms with Gasteiger partial charge in [-0.25, -0.2) is 4.79 Å². The van der Waals surface area contributed by atoms with Crippen LogP contribution in [0.2, 0.25) is 0 Å². The molecule has 0 aliphatic carbocycles. The summed E-state index contributed by atoms with van der Waals surface area (Å²) in [7, 11) is 1.58. The monoisotopic (exact) mass is 359 g/mol. The molecular weight excluding hydrogens is 338 g/mol. The van der Waals surface area contributed by atoms with E-state index in [0.717, 1.165) is 16.9 Å². The van der Waals surface area contributed by atoms with Crippen molar-refractivity contribution >= 4 is 34.3 Å². The number of carbonyl (C=O) groups excluding carboxylic acids is 2. The Morgan fingerprint density at radius 3 is 2.68 bits per heavy atom. The zero-order chi connectivity index (χ0) is 18.2. The smallest absolute Gasteiger partial charge is 0.341 e. The van der Waals surface area contributed by atoms with Crippen LogP contribution >= 0.6 is 11.3 Å². The lowest BCUT2D eigenvalue weighted by molar-refractivity contribution is -0.111. The van der Waals surface area contributed by atoms with Crippen molar-refractivity contribution in [2.45, 2.75) is 20.3 Å². The molecule has 0 atom stereocenters. The second-order valence-electron chi connectivity index (χ2n) is 5.09. The normalized spacial score (nSPS) is 10.7. The van der Waals surface area contributed by atoms with Gasteiger partial charge in [-0.15, -0.1) is 11.3 Å². The number of anilines is 1. The van der Waals surface area contributed by atoms with Crippen molar-refractivity contribution in [2.75, 3.05) is 19.0 Å². The summed E-state index contributed by atoms with van der Waals surface area (Å²) in [5.41, 5.74) is 1.19. The van der Waals surface area contributed by atoms with Gasteiger partial charge in [-0.2, -0.15) is 0 Å². The van der Waals surface area contributed by atoms with E-state index in [9.17, 15) is 9.59 Å². The standard InChI is InChI=1S/C19H21NO4S/c1-4-14-12-15(19(22)24-5-2)18(25-14)20-17(21)11-10-13-8-6-7-9-16(13)23-3/h6-12H,4-5H2,1-3H3,(H,20,21)/b11-10+. The van der Waals surface area contributed by atoms with Gasteiger partial charge in [0.05, 0.1) is 19.3 Å². The Labute approximate surface area is 151 Å². The second kappa shape index (κ2) is 9.03. The Balaban J connectivity index is 2.16. The fourth-order valence-electron chi connectivity index (χ4n) is 2.19. The molecule has 5 nitrogen and oxygen atoms in total. The van der Waals surface area contributed by atoms with Crippen LogP contribution in [-0.2, 0) is 16.0 Å². The van der Waals surface area contributed by atoms with Crippen molar-refractivity contribution in [3.05, 3.63) is 52.4 Å². The Kier molecular flexibility index (Phi) is 6.77. The molecule has 0 unspecified atom stereocenters. The summed E-state index contributed by atoms with van der Waals surface area (Å²) in [4.78, 5) is 25.3. The highest BCUT2D eigenvalue weighted by molar-refractivity contribution is 7.16. The van der Waals surface area contributed by atoms with Crippen molar-refractivity contribution < 1.29 is 19.1 Å². The molecule has 1 aromatic heterocycles. The minimum Gasteiger partial charge on any atom is -0.496 e. The number of para-hydroxylation sites is 1. The highest BCUT2D eigenvalue weighted by Crippen LogP contribution is 2.29. The van der Waals surface area contributed by atoms with Gasteiger partial charge in [0.15, 0.2) is 0 Å². The third-order valence-corrected chi connectivity index (χ3v) is 4.61. The van der Waals surface area contributed by atoms with Gasteiger partial charge in [0.2, 0.25) is 5.91 Å². The lowest BCUT2D eigenvalue weighted by Gasteiger charge is -2.05. The first-order valence-electron chi connectivity index (χ1n) is 8.00. The number of hydrogen-bond donors (Lipinski definition) is 1. The molecule has 25 heavy (non-hydrogen) atoms. The maximum Gasteiger partial charge on any atom is 0.341 e. The van der Waals surface area contributed by atoms with Crippen LogP contribution in [-0.4, -0.2) is 25.6 Å². The molecule has 2 rings (SSSR count). The van der Waals surface area contributed by atoms with E-state index in [-0.39, 0.29) is 12.5 Å². The summed E-state index contributed by atoms with van der Waals surface area (Å²) >= 11 is 1.38. The summed E-state index contributed by atoms with van der Waals surface area (Å²) in [6.07, 6.45) is 3.87. The summed E-state index contributed by atoms with van der Waals surface area (Å²) in [6, 6.07) is 9.17. The number of amides is 1. The molecule has 0 saturated heterocycles. The average Bonchev–Trinajstić information content (AvgIpc) is 3.03. The number of esters is 1. The lowest BCUT2D eigenvalue weighted by atomic mass is 10.2. The molecule has 1 aromatic carbocycles. The molecule has 1 N–H and O–H groups in total. The van der Waals surface area contributed by atoms with E-state index in [2.05, 4.69) is 5.32 Å². The molecule has 1 amide bonds. The number of nitrogens with one attached hydrogen (secondary N) is 1. The zero-order valence-corrected chi connectivity index (χ0v) is 15.3. The number of ether oxygens (including phenoxy) is 2. The van der Waals surface area contributed by atoms with Crippen LogP contribution in [0.3, 0.4) is 0 Å². The predicted molar refractivity (Wildman–Crippen MR) is 100 cm³/mol. The Morgan fingerprint density at radius 2 is 2.00 bits per heavy atom. The summed E-state index contributed by atoms with van der Waals surface area (Å²) in [6.45, 7) is 4.03. The maximum absolute atomic E-state index is 12.2. The third kappa shape index (κ3) is 4.93. The first-order valence-corrected chi connectivity index (χ1v) is 8.82. The molecule has 0 fully saturated rings. The quantitative estimate of drug-likeness (QED) is 0.596. The van der Waals surface area contributed by atoms with E-state index in [0.29, 0.717) is 16.3 Å². The number of thiophene rings is 1. The molecule has 132 valence electrons. The van der Waals surface area contributed by atoms with Gasteiger partial charge in [0, 0.05) is 16.5 Å². The highest BCUT2D eigenvalue weighted by Gasteiger charge is 2.17. The molecule has 0 radical (unpaired) electrons. The predicted octanol–water partition coefficient (Wildman–Crippen LogP) is 4.15. The average molecular weight is 359 g/mol. The van der Waals surface area contributed by atoms with Crippen molar-refractivity contribution in [3.8, 4) is 5.75 Å². The fourth-order valence-corrected chi connectivity index (χ4v) is 3.18. The van der Waals surface area contributed by atoms with Gasteiger partial charge in [-0.1, -0.05) is 25.1 Å². The van der Waals surface area contributed by atoms with E-state index in [1.807, 2.05) is 31.2 Å². The molecular formula is C19H21NO4S. The van der Waals surface area contributed by atoms with Crippen LogP contribution < -0.4 is 10.1 Å². The Bertz CT molecular complexity index is 779. The lowest BCUT2D eigenvalue weighted by Crippen LogP contribution is -2.11. The second-order valence-corrected chi connectivity index (χ2v) is 6.23. The summed E-state index contributed by atoms with van der Waals surface area (Å²) in [5, 5.41) is 3.27. The number of carbonyl (C=O) groups is 2. The molecule has 0 spiro atoms. The topological polar surface area (TPSA) is 64.6 Å². The Hall–Kier alpha value is -2.60. The van der Waals surface area contributed by atoms with Gasteiger partial charge in [0.25, 0.3) is 0 Å². The number of rotatable bonds is 7. The van der Waals surface area contributed by atoms with Crippen molar-refractivity contribution in [1.82, 2.24) is 0 Å². The number of hydrogen-bond acceptors (Lipinski definition) is 5. The van der Waals surface area contributed by atoms with Gasteiger partial charge in [0.1, 0.15) is 10.8 Å². The fraction of sp³-hybridized carbons (Fsp3) is 0.263. The summed E-state index contributed by atoms with van der Waals surface area (Å²) < 4.78 is 10.3. The van der Waals surface area contributed by atoms with E-state index >= 15 is 0 Å². The molecule has 6 heteroatoms. The number of aryl methyl sites for hydroxylation is 1. The molecule has 0 saturated carbocycles. The molecule has 2 aromatic rings. The van der Waals surface area contributed by atoms with Gasteiger partial charge in [-0.3, -0.25) is 4.79 Å². The molecule has 0 aliphatic heterocycles. The van der Waals surface area contributed by atoms with Crippen molar-refractivity contribution in [1.29, 1.82) is 0 Å². The Morgan fingerprint density at radius 1 is 1.24 bits per heavy atom. The summed E-state index contributed by atoms with van der Waals surface area (Å²) in [5.74, 6) is -0.0634. The van der Waals surface area contributed by atoms with Crippen LogP contribution in [0.5, 0.6) is 5.75 Å². The van der Waals surface area contributed by atoms with E-state index in [4.69, 9.17) is 9.47 Å². The van der Waals surface area contributed by atoms with Gasteiger partial charge >= 0.3 is 5.97 Å². The third-order valence-electron chi connectivity index (χ3n) is 3.42. The molecule has 1 heterocycles. The van der Waals surface area contributed by atoms with Crippen molar-refractivity contribution in [2.24, 2.45) is 0 Å². The van der Waals surface area contributed by atoms with Gasteiger partial charge < -0.3 is 14.8 Å². The molecule has 0 bridgehead atoms. The first kappa shape index (κ1) is 18.7. The van der Waals surface area contributed by atoms with Crippen LogP contribution in [0.4, 0.5) is 5.00 Å². The minimum atomic E-state index is -0.428. The van der Waals surface area contributed by atoms with E-state index in [1.54, 1.807) is 26.2 Å². The highest BCUT2D eigenvalue weighted by atomic mass is 32.1. The zero-order valence-electron chi connectivity index (χ0n) is 14.5. The van der Waals surface area contributed by atoms with Gasteiger partial charge in [-0.05, 0) is 31.6 Å². The van der Waals surface area contributed by atoms with Crippen LogP contribution in [0.1, 0.15) is 34.6 Å². The van der Waals surface area contributed by atoms with Crippen LogP contribution in [0.25, 0.3) is 6.08 Å². The van der Waals surface area contributed by atoms with Crippen molar-refractivity contribution in [3.63, 3.8) is 0 Å². The molecule has 0 aliphatic rings. The van der Waals surface area contributed by atoms with E-state index in [1.165, 1.54) is 17.4 Å². The minimum absolute atomic E-state index is 0.289. The number of methoxy groups -OCH3 is 1. The van der Waals surface area contributed by atoms with Crippen LogP contribution in [0.15, 0.2) is 36.4 Å². The first-order chi connectivity index (χ1) is 12.1. The van der Waals surface area contributed by atoms with E-state index < -0.39 is 5.97 Å². The SMILES string of the molecule is CCOC(=O)c1cc(CC)sc1NC(=O)/C=C/c1ccccc1OC. The van der Waals surface area contributed by atoms with Crippen LogP contribution in [0, 0.1) is 0 Å².